The summed E-state index contributed by atoms with van der Waals surface area (Å²) in [7, 11) is 3.66. The number of aryl methyl sites for hydroxylation is 2. The summed E-state index contributed by atoms with van der Waals surface area (Å²) in [5.74, 6) is -0.192. The van der Waals surface area contributed by atoms with E-state index in [1.807, 2.05) is 42.9 Å². The van der Waals surface area contributed by atoms with E-state index in [9.17, 15) is 9.59 Å². The zero-order valence-corrected chi connectivity index (χ0v) is 16.5. The maximum atomic E-state index is 13.0. The van der Waals surface area contributed by atoms with E-state index in [0.717, 1.165) is 35.5 Å². The quantitative estimate of drug-likeness (QED) is 0.690. The Bertz CT molecular complexity index is 1100. The van der Waals surface area contributed by atoms with Crippen molar-refractivity contribution in [2.45, 2.75) is 19.8 Å². The second-order valence-corrected chi connectivity index (χ2v) is 7.31. The van der Waals surface area contributed by atoms with Gasteiger partial charge in [-0.1, -0.05) is 30.3 Å². The highest BCUT2D eigenvalue weighted by Gasteiger charge is 2.26. The van der Waals surface area contributed by atoms with Crippen LogP contribution in [0.5, 0.6) is 0 Å². The van der Waals surface area contributed by atoms with Crippen molar-refractivity contribution in [1.29, 1.82) is 0 Å². The standard InChI is InChI=1S/C22H24N4O2/c1-15-9-10-18(21(27)24(15)2)22(28)26-13-11-17-19(12-14-26)25(3)23-20(17)16-7-5-4-6-8-16/h4-10H,11-14H2,1-3H3. The summed E-state index contributed by atoms with van der Waals surface area (Å²) < 4.78 is 3.45. The predicted octanol–water partition coefficient (Wildman–Crippen LogP) is 2.34. The van der Waals surface area contributed by atoms with Crippen LogP contribution in [-0.4, -0.2) is 38.2 Å². The number of benzene rings is 1. The summed E-state index contributed by atoms with van der Waals surface area (Å²) in [5.41, 5.74) is 5.26. The van der Waals surface area contributed by atoms with E-state index in [1.165, 1.54) is 10.1 Å². The fourth-order valence-corrected chi connectivity index (χ4v) is 3.87. The van der Waals surface area contributed by atoms with Crippen LogP contribution in [0.25, 0.3) is 11.3 Å². The molecule has 0 saturated carbocycles. The molecule has 144 valence electrons. The average molecular weight is 376 g/mol. The van der Waals surface area contributed by atoms with Gasteiger partial charge < -0.3 is 9.47 Å². The highest BCUT2D eigenvalue weighted by Crippen LogP contribution is 2.28. The SMILES string of the molecule is Cc1ccc(C(=O)N2CCc3c(-c4ccccc4)nn(C)c3CC2)c(=O)n1C. The Morgan fingerprint density at radius 3 is 2.46 bits per heavy atom. The molecule has 0 aliphatic carbocycles. The Morgan fingerprint density at radius 1 is 1.00 bits per heavy atom. The topological polar surface area (TPSA) is 60.1 Å². The first-order valence-electron chi connectivity index (χ1n) is 9.53. The lowest BCUT2D eigenvalue weighted by molar-refractivity contribution is 0.0760. The van der Waals surface area contributed by atoms with Gasteiger partial charge in [-0.3, -0.25) is 14.3 Å². The fraction of sp³-hybridized carbons (Fsp3) is 0.318. The van der Waals surface area contributed by atoms with Crippen LogP contribution in [-0.2, 0) is 26.9 Å². The minimum absolute atomic E-state index is 0.192. The molecule has 0 fully saturated rings. The number of fused-ring (bicyclic) bond motifs is 1. The summed E-state index contributed by atoms with van der Waals surface area (Å²) in [6, 6.07) is 13.6. The van der Waals surface area contributed by atoms with Gasteiger partial charge in [0.05, 0.1) is 5.69 Å². The van der Waals surface area contributed by atoms with Crippen LogP contribution in [0, 0.1) is 6.92 Å². The van der Waals surface area contributed by atoms with Gasteiger partial charge in [0.25, 0.3) is 11.5 Å². The molecule has 3 aromatic rings. The Kier molecular flexibility index (Phi) is 4.63. The van der Waals surface area contributed by atoms with Crippen molar-refractivity contribution in [2.24, 2.45) is 14.1 Å². The van der Waals surface area contributed by atoms with Crippen molar-refractivity contribution in [1.82, 2.24) is 19.2 Å². The van der Waals surface area contributed by atoms with Gasteiger partial charge in [-0.15, -0.1) is 0 Å². The molecule has 0 unspecified atom stereocenters. The van der Waals surface area contributed by atoms with Crippen LogP contribution >= 0.6 is 0 Å². The molecule has 28 heavy (non-hydrogen) atoms. The Morgan fingerprint density at radius 2 is 1.71 bits per heavy atom. The molecule has 0 bridgehead atoms. The monoisotopic (exact) mass is 376 g/mol. The number of pyridine rings is 1. The lowest BCUT2D eigenvalue weighted by atomic mass is 10.0. The summed E-state index contributed by atoms with van der Waals surface area (Å²) in [4.78, 5) is 27.4. The van der Waals surface area contributed by atoms with Crippen LogP contribution in [0.1, 0.15) is 27.3 Å². The van der Waals surface area contributed by atoms with E-state index in [0.29, 0.717) is 13.1 Å². The number of carbonyl (C=O) groups is 1. The molecule has 0 radical (unpaired) electrons. The normalized spacial score (nSPS) is 13.9. The van der Waals surface area contributed by atoms with Crippen LogP contribution in [0.2, 0.25) is 0 Å². The van der Waals surface area contributed by atoms with Crippen LogP contribution in [0.4, 0.5) is 0 Å². The smallest absolute Gasteiger partial charge is 0.263 e. The molecular formula is C22H24N4O2. The summed E-state index contributed by atoms with van der Waals surface area (Å²) in [6.45, 7) is 3.02. The third-order valence-corrected chi connectivity index (χ3v) is 5.65. The van der Waals surface area contributed by atoms with Gasteiger partial charge in [-0.05, 0) is 25.5 Å². The maximum Gasteiger partial charge on any atom is 0.263 e. The summed E-state index contributed by atoms with van der Waals surface area (Å²) in [5, 5.41) is 4.73. The van der Waals surface area contributed by atoms with Gasteiger partial charge >= 0.3 is 0 Å². The minimum Gasteiger partial charge on any atom is -0.338 e. The number of amides is 1. The number of hydrogen-bond donors (Lipinski definition) is 0. The predicted molar refractivity (Wildman–Crippen MR) is 108 cm³/mol. The van der Waals surface area contributed by atoms with Crippen molar-refractivity contribution in [3.8, 4) is 11.3 Å². The second-order valence-electron chi connectivity index (χ2n) is 7.31. The van der Waals surface area contributed by atoms with E-state index in [1.54, 1.807) is 18.0 Å². The van der Waals surface area contributed by atoms with Gasteiger partial charge in [0.1, 0.15) is 5.56 Å². The molecule has 4 rings (SSSR count). The molecule has 6 heteroatoms. The third kappa shape index (κ3) is 3.05. The molecule has 1 aliphatic heterocycles. The zero-order valence-electron chi connectivity index (χ0n) is 16.5. The van der Waals surface area contributed by atoms with E-state index in [4.69, 9.17) is 5.10 Å². The van der Waals surface area contributed by atoms with Crippen LogP contribution < -0.4 is 5.56 Å². The first-order valence-corrected chi connectivity index (χ1v) is 9.53. The van der Waals surface area contributed by atoms with Gasteiger partial charge in [0.2, 0.25) is 0 Å². The summed E-state index contributed by atoms with van der Waals surface area (Å²) in [6.07, 6.45) is 1.45. The molecular weight excluding hydrogens is 352 g/mol. The second kappa shape index (κ2) is 7.11. The van der Waals surface area contributed by atoms with Crippen molar-refractivity contribution in [2.75, 3.05) is 13.1 Å². The summed E-state index contributed by atoms with van der Waals surface area (Å²) >= 11 is 0. The molecule has 0 saturated heterocycles. The number of rotatable bonds is 2. The first-order chi connectivity index (χ1) is 13.5. The fourth-order valence-electron chi connectivity index (χ4n) is 3.87. The first kappa shape index (κ1) is 18.2. The number of carbonyl (C=O) groups excluding carboxylic acids is 1. The van der Waals surface area contributed by atoms with Gasteiger partial charge in [0.15, 0.2) is 0 Å². The molecule has 1 aliphatic rings. The van der Waals surface area contributed by atoms with Crippen LogP contribution in [0.15, 0.2) is 47.3 Å². The van der Waals surface area contributed by atoms with Crippen LogP contribution in [0.3, 0.4) is 0 Å². The number of hydrogen-bond acceptors (Lipinski definition) is 3. The molecule has 6 nitrogen and oxygen atoms in total. The molecule has 0 atom stereocenters. The molecule has 3 heterocycles. The lowest BCUT2D eigenvalue weighted by Gasteiger charge is -2.20. The number of aromatic nitrogens is 3. The van der Waals surface area contributed by atoms with Gasteiger partial charge in [0, 0.05) is 56.1 Å². The third-order valence-electron chi connectivity index (χ3n) is 5.65. The van der Waals surface area contributed by atoms with Crippen molar-refractivity contribution in [3.05, 3.63) is 75.3 Å². The Balaban J connectivity index is 1.63. The van der Waals surface area contributed by atoms with E-state index >= 15 is 0 Å². The highest BCUT2D eigenvalue weighted by atomic mass is 16.2. The maximum absolute atomic E-state index is 13.0. The van der Waals surface area contributed by atoms with E-state index in [2.05, 4.69) is 12.1 Å². The van der Waals surface area contributed by atoms with E-state index in [-0.39, 0.29) is 17.0 Å². The van der Waals surface area contributed by atoms with Crippen molar-refractivity contribution < 1.29 is 4.79 Å². The molecule has 0 N–H and O–H groups in total. The highest BCUT2D eigenvalue weighted by molar-refractivity contribution is 5.94. The molecule has 1 amide bonds. The Hall–Kier alpha value is -3.15. The van der Waals surface area contributed by atoms with E-state index < -0.39 is 0 Å². The minimum atomic E-state index is -0.238. The number of nitrogens with zero attached hydrogens (tertiary/aromatic N) is 4. The molecule has 2 aromatic heterocycles. The van der Waals surface area contributed by atoms with Crippen molar-refractivity contribution in [3.63, 3.8) is 0 Å². The lowest BCUT2D eigenvalue weighted by Crippen LogP contribution is -2.38. The average Bonchev–Trinajstić information content (AvgIpc) is 2.88. The zero-order chi connectivity index (χ0) is 19.8. The van der Waals surface area contributed by atoms with Crippen molar-refractivity contribution >= 4 is 5.91 Å². The molecule has 0 spiro atoms. The Labute approximate surface area is 164 Å². The van der Waals surface area contributed by atoms with Gasteiger partial charge in [-0.2, -0.15) is 5.10 Å². The van der Waals surface area contributed by atoms with Gasteiger partial charge in [-0.25, -0.2) is 0 Å². The molecule has 1 aromatic carbocycles. The largest absolute Gasteiger partial charge is 0.338 e.